The van der Waals surface area contributed by atoms with E-state index < -0.39 is 5.97 Å². The van der Waals surface area contributed by atoms with Gasteiger partial charge in [-0.15, -0.1) is 0 Å². The van der Waals surface area contributed by atoms with Gasteiger partial charge in [-0.3, -0.25) is 4.79 Å². The Balaban J connectivity index is 1.53. The van der Waals surface area contributed by atoms with Crippen LogP contribution in [0.4, 0.5) is 0 Å². The number of aryl methyl sites for hydroxylation is 2. The first kappa shape index (κ1) is 17.2. The van der Waals surface area contributed by atoms with Crippen LogP contribution in [-0.4, -0.2) is 18.5 Å². The summed E-state index contributed by atoms with van der Waals surface area (Å²) >= 11 is 0. The maximum atomic E-state index is 12.1. The third kappa shape index (κ3) is 4.47. The second-order valence-corrected chi connectivity index (χ2v) is 6.47. The van der Waals surface area contributed by atoms with Crippen molar-refractivity contribution in [2.24, 2.45) is 0 Å². The Kier molecular flexibility index (Phi) is 5.49. The Morgan fingerprint density at radius 1 is 1.04 bits per heavy atom. The molecule has 0 heterocycles. The van der Waals surface area contributed by atoms with Crippen molar-refractivity contribution in [2.75, 3.05) is 6.61 Å². The number of carbonyl (C=O) groups is 2. The number of esters is 1. The van der Waals surface area contributed by atoms with E-state index in [2.05, 4.69) is 23.5 Å². The molecule has 4 heteroatoms. The lowest BCUT2D eigenvalue weighted by Crippen LogP contribution is -2.31. The lowest BCUT2D eigenvalue weighted by Gasteiger charge is -2.20. The van der Waals surface area contributed by atoms with E-state index >= 15 is 0 Å². The Labute approximate surface area is 148 Å². The molecule has 1 aliphatic rings. The van der Waals surface area contributed by atoms with Crippen molar-refractivity contribution in [3.63, 3.8) is 0 Å². The molecule has 2 aromatic carbocycles. The number of amides is 1. The molecule has 1 N–H and O–H groups in total. The van der Waals surface area contributed by atoms with Crippen LogP contribution < -0.4 is 5.32 Å². The van der Waals surface area contributed by atoms with Crippen molar-refractivity contribution in [3.05, 3.63) is 70.8 Å². The molecule has 0 saturated carbocycles. The van der Waals surface area contributed by atoms with Crippen LogP contribution in [0.1, 0.15) is 52.9 Å². The van der Waals surface area contributed by atoms with E-state index in [-0.39, 0.29) is 18.6 Å². The SMILES string of the molecule is CC(NC(=O)COC(=O)c1ccccc1)c1ccc2c(c1)CCCC2. The summed E-state index contributed by atoms with van der Waals surface area (Å²) < 4.78 is 5.07. The smallest absolute Gasteiger partial charge is 0.338 e. The minimum absolute atomic E-state index is 0.116. The Morgan fingerprint density at radius 2 is 1.76 bits per heavy atom. The van der Waals surface area contributed by atoms with Gasteiger partial charge in [-0.2, -0.15) is 0 Å². The summed E-state index contributed by atoms with van der Waals surface area (Å²) in [7, 11) is 0. The van der Waals surface area contributed by atoms with Crippen LogP contribution in [0.25, 0.3) is 0 Å². The summed E-state index contributed by atoms with van der Waals surface area (Å²) in [6.45, 7) is 1.67. The highest BCUT2D eigenvalue weighted by Gasteiger charge is 2.15. The molecule has 0 bridgehead atoms. The van der Waals surface area contributed by atoms with Gasteiger partial charge in [-0.25, -0.2) is 4.79 Å². The van der Waals surface area contributed by atoms with Crippen molar-refractivity contribution in [3.8, 4) is 0 Å². The topological polar surface area (TPSA) is 55.4 Å². The first-order chi connectivity index (χ1) is 12.1. The Hall–Kier alpha value is -2.62. The van der Waals surface area contributed by atoms with Crippen molar-refractivity contribution >= 4 is 11.9 Å². The van der Waals surface area contributed by atoms with Crippen LogP contribution in [0, 0.1) is 0 Å². The number of fused-ring (bicyclic) bond motifs is 1. The maximum Gasteiger partial charge on any atom is 0.338 e. The largest absolute Gasteiger partial charge is 0.452 e. The summed E-state index contributed by atoms with van der Waals surface area (Å²) in [5.41, 5.74) is 4.34. The average Bonchev–Trinajstić information content (AvgIpc) is 2.66. The monoisotopic (exact) mass is 337 g/mol. The minimum atomic E-state index is -0.489. The second-order valence-electron chi connectivity index (χ2n) is 6.47. The molecule has 0 radical (unpaired) electrons. The van der Waals surface area contributed by atoms with Crippen molar-refractivity contribution < 1.29 is 14.3 Å². The van der Waals surface area contributed by atoms with Gasteiger partial charge in [0.15, 0.2) is 6.61 Å². The summed E-state index contributed by atoms with van der Waals surface area (Å²) in [5, 5.41) is 2.89. The van der Waals surface area contributed by atoms with E-state index in [9.17, 15) is 9.59 Å². The number of benzene rings is 2. The van der Waals surface area contributed by atoms with Crippen LogP contribution in [0.3, 0.4) is 0 Å². The average molecular weight is 337 g/mol. The van der Waals surface area contributed by atoms with E-state index in [1.54, 1.807) is 24.3 Å². The molecule has 1 unspecified atom stereocenters. The van der Waals surface area contributed by atoms with Gasteiger partial charge in [0.2, 0.25) is 0 Å². The zero-order valence-electron chi connectivity index (χ0n) is 14.5. The molecular weight excluding hydrogens is 314 g/mol. The quantitative estimate of drug-likeness (QED) is 0.848. The number of rotatable bonds is 5. The molecular formula is C21H23NO3. The number of hydrogen-bond donors (Lipinski definition) is 1. The van der Waals surface area contributed by atoms with Gasteiger partial charge in [-0.1, -0.05) is 36.4 Å². The highest BCUT2D eigenvalue weighted by atomic mass is 16.5. The van der Waals surface area contributed by atoms with E-state index in [4.69, 9.17) is 4.74 Å². The second kappa shape index (κ2) is 7.97. The molecule has 0 saturated heterocycles. The minimum Gasteiger partial charge on any atom is -0.452 e. The lowest BCUT2D eigenvalue weighted by atomic mass is 9.89. The lowest BCUT2D eigenvalue weighted by molar-refractivity contribution is -0.124. The molecule has 0 aliphatic heterocycles. The fraction of sp³-hybridized carbons (Fsp3) is 0.333. The molecule has 130 valence electrons. The number of carbonyl (C=O) groups excluding carboxylic acids is 2. The van der Waals surface area contributed by atoms with Gasteiger partial charge in [0.25, 0.3) is 5.91 Å². The van der Waals surface area contributed by atoms with Gasteiger partial charge in [-0.05, 0) is 61.4 Å². The summed E-state index contributed by atoms with van der Waals surface area (Å²) in [6, 6.07) is 15.0. The predicted molar refractivity (Wildman–Crippen MR) is 96.4 cm³/mol. The standard InChI is InChI=1S/C21H23NO3/c1-15(18-12-11-16-7-5-6-10-19(16)13-18)22-20(23)14-25-21(24)17-8-3-2-4-9-17/h2-4,8-9,11-13,15H,5-7,10,14H2,1H3,(H,22,23). The first-order valence-electron chi connectivity index (χ1n) is 8.77. The maximum absolute atomic E-state index is 12.1. The Morgan fingerprint density at radius 3 is 2.52 bits per heavy atom. The number of ether oxygens (including phenoxy) is 1. The van der Waals surface area contributed by atoms with Crippen LogP contribution in [-0.2, 0) is 22.4 Å². The molecule has 0 spiro atoms. The first-order valence-corrected chi connectivity index (χ1v) is 8.77. The molecule has 4 nitrogen and oxygen atoms in total. The fourth-order valence-electron chi connectivity index (χ4n) is 3.18. The van der Waals surface area contributed by atoms with Crippen LogP contribution in [0.15, 0.2) is 48.5 Å². The van der Waals surface area contributed by atoms with E-state index in [0.29, 0.717) is 5.56 Å². The summed E-state index contributed by atoms with van der Waals surface area (Å²) in [6.07, 6.45) is 4.74. The molecule has 0 aromatic heterocycles. The molecule has 3 rings (SSSR count). The fourth-order valence-corrected chi connectivity index (χ4v) is 3.18. The van der Waals surface area contributed by atoms with E-state index in [1.807, 2.05) is 13.0 Å². The molecule has 25 heavy (non-hydrogen) atoms. The predicted octanol–water partition coefficient (Wildman–Crippen LogP) is 3.60. The number of hydrogen-bond acceptors (Lipinski definition) is 3. The van der Waals surface area contributed by atoms with Gasteiger partial charge in [0.1, 0.15) is 0 Å². The molecule has 2 aromatic rings. The zero-order valence-corrected chi connectivity index (χ0v) is 14.5. The van der Waals surface area contributed by atoms with Crippen molar-refractivity contribution in [2.45, 2.75) is 38.6 Å². The van der Waals surface area contributed by atoms with E-state index in [0.717, 1.165) is 18.4 Å². The van der Waals surface area contributed by atoms with Crippen LogP contribution in [0.2, 0.25) is 0 Å². The van der Waals surface area contributed by atoms with Gasteiger partial charge < -0.3 is 10.1 Å². The third-order valence-electron chi connectivity index (χ3n) is 4.59. The van der Waals surface area contributed by atoms with E-state index in [1.165, 1.54) is 24.0 Å². The summed E-state index contributed by atoms with van der Waals surface area (Å²) in [5.74, 6) is -0.785. The van der Waals surface area contributed by atoms with Crippen LogP contribution >= 0.6 is 0 Å². The van der Waals surface area contributed by atoms with Crippen molar-refractivity contribution in [1.29, 1.82) is 0 Å². The number of nitrogens with one attached hydrogen (secondary N) is 1. The van der Waals surface area contributed by atoms with Crippen LogP contribution in [0.5, 0.6) is 0 Å². The third-order valence-corrected chi connectivity index (χ3v) is 4.59. The normalized spacial score (nSPS) is 14.3. The van der Waals surface area contributed by atoms with Gasteiger partial charge >= 0.3 is 5.97 Å². The highest BCUT2D eigenvalue weighted by molar-refractivity contribution is 5.91. The zero-order chi connectivity index (χ0) is 17.6. The highest BCUT2D eigenvalue weighted by Crippen LogP contribution is 2.24. The van der Waals surface area contributed by atoms with Crippen molar-refractivity contribution in [1.82, 2.24) is 5.32 Å². The van der Waals surface area contributed by atoms with Gasteiger partial charge in [0, 0.05) is 0 Å². The molecule has 1 amide bonds. The Bertz CT molecular complexity index is 755. The molecule has 1 aliphatic carbocycles. The van der Waals surface area contributed by atoms with Gasteiger partial charge in [0.05, 0.1) is 11.6 Å². The molecule has 1 atom stereocenters. The molecule has 0 fully saturated rings. The summed E-state index contributed by atoms with van der Waals surface area (Å²) in [4.78, 5) is 23.9.